The molecule has 2 fully saturated rings. The van der Waals surface area contributed by atoms with Crippen LogP contribution in [0.25, 0.3) is 0 Å². The molecule has 0 radical (unpaired) electrons. The number of halogens is 1. The van der Waals surface area contributed by atoms with Gasteiger partial charge in [-0.25, -0.2) is 0 Å². The minimum atomic E-state index is 0. The Morgan fingerprint density at radius 2 is 1.64 bits per heavy atom. The van der Waals surface area contributed by atoms with Crippen LogP contribution in [0.2, 0.25) is 0 Å². The number of nitrogens with zero attached hydrogens (tertiary/aromatic N) is 4. The highest BCUT2D eigenvalue weighted by Gasteiger charge is 2.25. The fraction of sp³-hybridized carbons (Fsp3) is 0.480. The SMILES string of the molecule is CN=C(NCC(c1ccc(OC)cc1)N1CCOCC1)N1CCN(c2ccccc2)CC1.I. The van der Waals surface area contributed by atoms with Crippen molar-refractivity contribution in [2.75, 3.05) is 78.1 Å². The fourth-order valence-corrected chi connectivity index (χ4v) is 4.51. The summed E-state index contributed by atoms with van der Waals surface area (Å²) in [5.74, 6) is 1.86. The number of piperazine rings is 1. The third-order valence-corrected chi connectivity index (χ3v) is 6.35. The first-order valence-corrected chi connectivity index (χ1v) is 11.5. The first kappa shape index (κ1) is 25.6. The van der Waals surface area contributed by atoms with E-state index in [1.165, 1.54) is 11.3 Å². The third-order valence-electron chi connectivity index (χ3n) is 6.35. The van der Waals surface area contributed by atoms with Crippen molar-refractivity contribution in [2.24, 2.45) is 4.99 Å². The second-order valence-corrected chi connectivity index (χ2v) is 8.18. The summed E-state index contributed by atoms with van der Waals surface area (Å²) < 4.78 is 10.9. The number of morpholine rings is 1. The Bertz CT molecular complexity index is 851. The minimum Gasteiger partial charge on any atom is -0.497 e. The molecule has 1 N–H and O–H groups in total. The Balaban J connectivity index is 0.00000306. The van der Waals surface area contributed by atoms with Gasteiger partial charge in [0.15, 0.2) is 5.96 Å². The number of aliphatic imine (C=N–C) groups is 1. The smallest absolute Gasteiger partial charge is 0.193 e. The summed E-state index contributed by atoms with van der Waals surface area (Å²) in [4.78, 5) is 11.9. The molecule has 4 rings (SSSR count). The van der Waals surface area contributed by atoms with E-state index in [1.54, 1.807) is 7.11 Å². The molecule has 7 nitrogen and oxygen atoms in total. The molecule has 2 aromatic rings. The van der Waals surface area contributed by atoms with Crippen molar-refractivity contribution >= 4 is 35.6 Å². The Kier molecular flexibility index (Phi) is 10.1. The zero-order valence-corrected chi connectivity index (χ0v) is 22.0. The third kappa shape index (κ3) is 6.74. The number of hydrogen-bond acceptors (Lipinski definition) is 5. The first-order chi connectivity index (χ1) is 15.8. The quantitative estimate of drug-likeness (QED) is 0.330. The summed E-state index contributed by atoms with van der Waals surface area (Å²) in [6, 6.07) is 19.3. The van der Waals surface area contributed by atoms with E-state index in [9.17, 15) is 0 Å². The molecule has 2 aliphatic rings. The van der Waals surface area contributed by atoms with Crippen LogP contribution in [0.4, 0.5) is 5.69 Å². The molecule has 1 unspecified atom stereocenters. The van der Waals surface area contributed by atoms with Crippen LogP contribution in [0, 0.1) is 0 Å². The molecule has 0 bridgehead atoms. The van der Waals surface area contributed by atoms with Gasteiger partial charge in [-0.1, -0.05) is 30.3 Å². The summed E-state index contributed by atoms with van der Waals surface area (Å²) in [6.45, 7) is 8.15. The number of nitrogens with one attached hydrogen (secondary N) is 1. The van der Waals surface area contributed by atoms with Gasteiger partial charge in [0, 0.05) is 58.5 Å². The van der Waals surface area contributed by atoms with E-state index < -0.39 is 0 Å². The molecule has 0 aromatic heterocycles. The van der Waals surface area contributed by atoms with E-state index in [0.29, 0.717) is 0 Å². The summed E-state index contributed by atoms with van der Waals surface area (Å²) in [5, 5.41) is 3.66. The largest absolute Gasteiger partial charge is 0.497 e. The van der Waals surface area contributed by atoms with Crippen molar-refractivity contribution in [3.8, 4) is 5.75 Å². The normalized spacial score (nSPS) is 18.4. The van der Waals surface area contributed by atoms with Gasteiger partial charge in [-0.2, -0.15) is 0 Å². The Hall–Kier alpha value is -2.04. The summed E-state index contributed by atoms with van der Waals surface area (Å²) >= 11 is 0. The Morgan fingerprint density at radius 1 is 0.970 bits per heavy atom. The molecule has 2 aromatic carbocycles. The molecular weight excluding hydrogens is 529 g/mol. The lowest BCUT2D eigenvalue weighted by Crippen LogP contribution is -2.54. The molecule has 2 saturated heterocycles. The molecule has 33 heavy (non-hydrogen) atoms. The molecule has 0 spiro atoms. The number of benzene rings is 2. The van der Waals surface area contributed by atoms with Crippen molar-refractivity contribution in [3.05, 3.63) is 60.2 Å². The monoisotopic (exact) mass is 565 g/mol. The Labute approximate surface area is 214 Å². The molecular formula is C25H36IN5O2. The fourth-order valence-electron chi connectivity index (χ4n) is 4.51. The van der Waals surface area contributed by atoms with Gasteiger partial charge in [-0.05, 0) is 29.8 Å². The van der Waals surface area contributed by atoms with Gasteiger partial charge in [-0.3, -0.25) is 9.89 Å². The summed E-state index contributed by atoms with van der Waals surface area (Å²) in [6.07, 6.45) is 0. The van der Waals surface area contributed by atoms with Crippen molar-refractivity contribution in [1.82, 2.24) is 15.1 Å². The Morgan fingerprint density at radius 3 is 2.24 bits per heavy atom. The van der Waals surface area contributed by atoms with Gasteiger partial charge >= 0.3 is 0 Å². The molecule has 0 aliphatic carbocycles. The molecule has 2 aliphatic heterocycles. The number of ether oxygens (including phenoxy) is 2. The van der Waals surface area contributed by atoms with Crippen LogP contribution in [-0.2, 0) is 4.74 Å². The number of rotatable bonds is 6. The predicted octanol–water partition coefficient (Wildman–Crippen LogP) is 3.08. The van der Waals surface area contributed by atoms with E-state index in [4.69, 9.17) is 9.47 Å². The van der Waals surface area contributed by atoms with Crippen molar-refractivity contribution < 1.29 is 9.47 Å². The lowest BCUT2D eigenvalue weighted by Gasteiger charge is -2.39. The second kappa shape index (κ2) is 13.0. The maximum absolute atomic E-state index is 5.59. The average molecular weight is 566 g/mol. The lowest BCUT2D eigenvalue weighted by atomic mass is 10.0. The molecule has 8 heteroatoms. The molecule has 180 valence electrons. The number of methoxy groups -OCH3 is 1. The second-order valence-electron chi connectivity index (χ2n) is 8.18. The van der Waals surface area contributed by atoms with Crippen LogP contribution in [0.1, 0.15) is 11.6 Å². The van der Waals surface area contributed by atoms with Crippen LogP contribution in [0.5, 0.6) is 5.75 Å². The first-order valence-electron chi connectivity index (χ1n) is 11.5. The van der Waals surface area contributed by atoms with E-state index in [2.05, 4.69) is 67.5 Å². The van der Waals surface area contributed by atoms with Crippen molar-refractivity contribution in [2.45, 2.75) is 6.04 Å². The van der Waals surface area contributed by atoms with Gasteiger partial charge < -0.3 is 24.6 Å². The molecule has 1 atom stereocenters. The molecule has 2 heterocycles. The highest BCUT2D eigenvalue weighted by atomic mass is 127. The van der Waals surface area contributed by atoms with Crippen LogP contribution in [-0.4, -0.2) is 88.9 Å². The van der Waals surface area contributed by atoms with E-state index in [1.807, 2.05) is 19.2 Å². The van der Waals surface area contributed by atoms with Crippen LogP contribution in [0.15, 0.2) is 59.6 Å². The van der Waals surface area contributed by atoms with Gasteiger partial charge in [0.05, 0.1) is 26.4 Å². The standard InChI is InChI=1S/C25H35N5O2.HI/c1-26-25(30-14-12-28(13-15-30)22-6-4-3-5-7-22)27-20-24(29-16-18-32-19-17-29)21-8-10-23(31-2)11-9-21;/h3-11,24H,12-20H2,1-2H3,(H,26,27);1H. The van der Waals surface area contributed by atoms with Gasteiger partial charge in [0.25, 0.3) is 0 Å². The van der Waals surface area contributed by atoms with Crippen molar-refractivity contribution in [1.29, 1.82) is 0 Å². The zero-order chi connectivity index (χ0) is 22.2. The molecule has 0 amide bonds. The molecule has 0 saturated carbocycles. The lowest BCUT2D eigenvalue weighted by molar-refractivity contribution is 0.0169. The number of hydrogen-bond donors (Lipinski definition) is 1. The topological polar surface area (TPSA) is 52.6 Å². The van der Waals surface area contributed by atoms with E-state index in [-0.39, 0.29) is 30.0 Å². The van der Waals surface area contributed by atoms with Crippen LogP contribution in [0.3, 0.4) is 0 Å². The average Bonchev–Trinajstić information content (AvgIpc) is 2.88. The number of para-hydroxylation sites is 1. The highest BCUT2D eigenvalue weighted by Crippen LogP contribution is 2.24. The van der Waals surface area contributed by atoms with E-state index in [0.717, 1.165) is 70.7 Å². The zero-order valence-electron chi connectivity index (χ0n) is 19.7. The minimum absolute atomic E-state index is 0. The number of anilines is 1. The van der Waals surface area contributed by atoms with Crippen molar-refractivity contribution in [3.63, 3.8) is 0 Å². The van der Waals surface area contributed by atoms with E-state index >= 15 is 0 Å². The van der Waals surface area contributed by atoms with Gasteiger partial charge in [0.1, 0.15) is 5.75 Å². The maximum Gasteiger partial charge on any atom is 0.193 e. The van der Waals surface area contributed by atoms with Crippen LogP contribution >= 0.6 is 24.0 Å². The summed E-state index contributed by atoms with van der Waals surface area (Å²) in [5.41, 5.74) is 2.58. The summed E-state index contributed by atoms with van der Waals surface area (Å²) in [7, 11) is 3.58. The maximum atomic E-state index is 5.59. The van der Waals surface area contributed by atoms with Gasteiger partial charge in [-0.15, -0.1) is 24.0 Å². The van der Waals surface area contributed by atoms with Crippen LogP contribution < -0.4 is 15.0 Å². The highest BCUT2D eigenvalue weighted by molar-refractivity contribution is 14.0. The van der Waals surface area contributed by atoms with Gasteiger partial charge in [0.2, 0.25) is 0 Å². The predicted molar refractivity (Wildman–Crippen MR) is 145 cm³/mol. The number of guanidine groups is 1.